The zero-order valence-corrected chi connectivity index (χ0v) is 38.0. The van der Waals surface area contributed by atoms with Crippen molar-refractivity contribution in [2.24, 2.45) is 5.92 Å². The summed E-state index contributed by atoms with van der Waals surface area (Å²) in [5.74, 6) is 0.0304. The van der Waals surface area contributed by atoms with E-state index in [4.69, 9.17) is 0 Å². The van der Waals surface area contributed by atoms with Gasteiger partial charge in [-0.15, -0.1) is 6.58 Å². The molecular formula is C51H78FN9. The van der Waals surface area contributed by atoms with Crippen LogP contribution in [0.1, 0.15) is 69.9 Å². The van der Waals surface area contributed by atoms with Crippen molar-refractivity contribution in [1.82, 2.24) is 41.7 Å². The van der Waals surface area contributed by atoms with Gasteiger partial charge < -0.3 is 42.1 Å². The van der Waals surface area contributed by atoms with E-state index in [-0.39, 0.29) is 29.9 Å². The molecule has 4 unspecified atom stereocenters. The Morgan fingerprint density at radius 3 is 2.39 bits per heavy atom. The number of nitrogens with one attached hydrogen (secondary N) is 7. The van der Waals surface area contributed by atoms with Gasteiger partial charge in [0.1, 0.15) is 5.83 Å². The lowest BCUT2D eigenvalue weighted by atomic mass is 9.88. The molecule has 2 heterocycles. The molecule has 4 rings (SSSR count). The first-order chi connectivity index (χ1) is 29.5. The van der Waals surface area contributed by atoms with E-state index < -0.39 is 0 Å². The van der Waals surface area contributed by atoms with Crippen molar-refractivity contribution < 1.29 is 4.39 Å². The van der Waals surface area contributed by atoms with E-state index in [1.807, 2.05) is 32.3 Å². The Balaban J connectivity index is 1.07. The minimum Gasteiger partial charge on any atom is -0.392 e. The van der Waals surface area contributed by atoms with Crippen molar-refractivity contribution in [3.8, 4) is 0 Å². The van der Waals surface area contributed by atoms with Crippen molar-refractivity contribution in [2.45, 2.75) is 83.5 Å². The molecular weight excluding hydrogens is 758 g/mol. The van der Waals surface area contributed by atoms with Gasteiger partial charge in [0.2, 0.25) is 0 Å². The largest absolute Gasteiger partial charge is 0.392 e. The lowest BCUT2D eigenvalue weighted by molar-refractivity contribution is 0.138. The molecule has 0 spiro atoms. The first-order valence-corrected chi connectivity index (χ1v) is 22.6. The molecule has 0 amide bonds. The van der Waals surface area contributed by atoms with Crippen LogP contribution in [0.25, 0.3) is 6.08 Å². The maximum atomic E-state index is 14.2. The van der Waals surface area contributed by atoms with E-state index in [9.17, 15) is 4.39 Å². The van der Waals surface area contributed by atoms with Crippen molar-refractivity contribution in [3.05, 3.63) is 145 Å². The Morgan fingerprint density at radius 1 is 0.951 bits per heavy atom. The maximum absolute atomic E-state index is 14.2. The van der Waals surface area contributed by atoms with Crippen LogP contribution in [0.2, 0.25) is 0 Å². The number of allylic oxidation sites excluding steroid dienone is 6. The van der Waals surface area contributed by atoms with Crippen molar-refractivity contribution in [3.63, 3.8) is 0 Å². The molecule has 0 aromatic heterocycles. The van der Waals surface area contributed by atoms with Crippen LogP contribution in [0.15, 0.2) is 133 Å². The van der Waals surface area contributed by atoms with E-state index in [1.165, 1.54) is 11.1 Å². The van der Waals surface area contributed by atoms with Crippen LogP contribution in [-0.4, -0.2) is 101 Å². The van der Waals surface area contributed by atoms with E-state index in [1.54, 1.807) is 12.2 Å². The Morgan fingerprint density at radius 2 is 1.69 bits per heavy atom. The second-order valence-corrected chi connectivity index (χ2v) is 16.7. The van der Waals surface area contributed by atoms with Crippen molar-refractivity contribution >= 4 is 11.8 Å². The summed E-state index contributed by atoms with van der Waals surface area (Å²) in [4.78, 5) is 5.08. The summed E-state index contributed by atoms with van der Waals surface area (Å²) in [5, 5.41) is 24.6. The second-order valence-electron chi connectivity index (χ2n) is 16.7. The SMILES string of the molecule is C=C/C(=C\C1NC(C)=C(C(=C)NCCCN2CCN(CC(=C)NCCCCCNc3cccc(C=C)c3CNC(C=C)CCC(=C)NC)CC2)C1C)C1=CC(F)=CCC1NC. The molecule has 334 valence electrons. The minimum atomic E-state index is -0.190. The van der Waals surface area contributed by atoms with E-state index in [0.29, 0.717) is 6.42 Å². The highest BCUT2D eigenvalue weighted by molar-refractivity contribution is 5.63. The highest BCUT2D eigenvalue weighted by Gasteiger charge is 2.30. The number of likely N-dealkylation sites (N-methyl/N-ethyl adjacent to an activating group) is 1. The lowest BCUT2D eigenvalue weighted by Crippen LogP contribution is -2.48. The van der Waals surface area contributed by atoms with Gasteiger partial charge in [0.15, 0.2) is 0 Å². The fourth-order valence-electron chi connectivity index (χ4n) is 8.56. The Hall–Kier alpha value is -4.61. The van der Waals surface area contributed by atoms with Gasteiger partial charge in [-0.05, 0) is 112 Å². The van der Waals surface area contributed by atoms with Crippen LogP contribution in [0, 0.1) is 5.92 Å². The summed E-state index contributed by atoms with van der Waals surface area (Å²) < 4.78 is 14.2. The Labute approximate surface area is 368 Å². The highest BCUT2D eigenvalue weighted by Crippen LogP contribution is 2.33. The molecule has 1 aliphatic carbocycles. The van der Waals surface area contributed by atoms with Gasteiger partial charge in [-0.2, -0.15) is 0 Å². The molecule has 7 N–H and O–H groups in total. The average molecular weight is 836 g/mol. The van der Waals surface area contributed by atoms with Gasteiger partial charge in [-0.25, -0.2) is 4.39 Å². The summed E-state index contributed by atoms with van der Waals surface area (Å²) in [6.45, 7) is 39.1. The molecule has 0 radical (unpaired) electrons. The van der Waals surface area contributed by atoms with Crippen LogP contribution in [0.5, 0.6) is 0 Å². The lowest BCUT2D eigenvalue weighted by Gasteiger charge is -2.35. The number of unbranched alkanes of at least 4 members (excludes halogenated alkanes) is 2. The maximum Gasteiger partial charge on any atom is 0.119 e. The quantitative estimate of drug-likeness (QED) is 0.0246. The van der Waals surface area contributed by atoms with Crippen LogP contribution in [0.3, 0.4) is 0 Å². The van der Waals surface area contributed by atoms with Gasteiger partial charge in [-0.3, -0.25) is 4.90 Å². The molecule has 9 nitrogen and oxygen atoms in total. The fourth-order valence-corrected chi connectivity index (χ4v) is 8.56. The van der Waals surface area contributed by atoms with Gasteiger partial charge >= 0.3 is 0 Å². The zero-order chi connectivity index (χ0) is 44.1. The summed E-state index contributed by atoms with van der Waals surface area (Å²) in [7, 11) is 3.83. The molecule has 1 fully saturated rings. The third-order valence-corrected chi connectivity index (χ3v) is 12.4. The predicted octanol–water partition coefficient (Wildman–Crippen LogP) is 8.05. The topological polar surface area (TPSA) is 90.7 Å². The molecule has 1 saturated heterocycles. The van der Waals surface area contributed by atoms with Gasteiger partial charge in [0, 0.05) is 112 Å². The van der Waals surface area contributed by atoms with Gasteiger partial charge in [0.25, 0.3) is 0 Å². The van der Waals surface area contributed by atoms with E-state index in [2.05, 4.69) is 125 Å². The molecule has 10 heteroatoms. The molecule has 0 bridgehead atoms. The first kappa shape index (κ1) is 49.0. The minimum absolute atomic E-state index is 0.0686. The summed E-state index contributed by atoms with van der Waals surface area (Å²) in [6.07, 6.45) is 18.1. The number of piperazine rings is 1. The number of hydrogen-bond donors (Lipinski definition) is 7. The molecule has 61 heavy (non-hydrogen) atoms. The number of rotatable bonds is 29. The van der Waals surface area contributed by atoms with E-state index >= 15 is 0 Å². The standard InChI is InChI=1S/C51H78FN9/c1-11-42-19-17-20-49(47(42)35-58-45(13-3)23-21-37(4)53-9)57-26-16-14-15-25-55-38(5)36-61-31-29-60(30-32-61)28-18-27-56-40(7)51-39(6)50(59-41(51)8)33-43(12-2)46-34-44(52)22-24-48(46)54-10/h11-13,17,19-20,22,33-34,39,45,48,50,53-59H,1-5,7,14-16,18,21,23-32,35-36H2,6,8-10H3/b43-33+. The zero-order valence-electron chi connectivity index (χ0n) is 38.0. The first-order valence-electron chi connectivity index (χ1n) is 22.6. The third kappa shape index (κ3) is 15.4. The fraction of sp³-hybridized carbons (Fsp3) is 0.490. The monoisotopic (exact) mass is 836 g/mol. The molecule has 4 atom stereocenters. The smallest absolute Gasteiger partial charge is 0.119 e. The molecule has 2 aliphatic heterocycles. The number of halogens is 1. The number of anilines is 1. The van der Waals surface area contributed by atoms with Crippen LogP contribution in [-0.2, 0) is 6.54 Å². The Bertz CT molecular complexity index is 1780. The van der Waals surface area contributed by atoms with Gasteiger partial charge in [0.05, 0.1) is 6.04 Å². The van der Waals surface area contributed by atoms with Crippen molar-refractivity contribution in [2.75, 3.05) is 78.3 Å². The summed E-state index contributed by atoms with van der Waals surface area (Å²) in [6, 6.07) is 6.75. The molecule has 1 aromatic rings. The van der Waals surface area contributed by atoms with Gasteiger partial charge in [-0.1, -0.05) is 76.3 Å². The molecule has 1 aromatic carbocycles. The second kappa shape index (κ2) is 26.0. The molecule has 0 saturated carbocycles. The van der Waals surface area contributed by atoms with Crippen LogP contribution >= 0.6 is 0 Å². The average Bonchev–Trinajstić information content (AvgIpc) is 3.55. The predicted molar refractivity (Wildman–Crippen MR) is 261 cm³/mol. The van der Waals surface area contributed by atoms with Crippen LogP contribution < -0.4 is 37.2 Å². The summed E-state index contributed by atoms with van der Waals surface area (Å²) in [5.41, 5.74) is 10.9. The normalized spacial score (nSPS) is 20.2. The summed E-state index contributed by atoms with van der Waals surface area (Å²) >= 11 is 0. The van der Waals surface area contributed by atoms with E-state index in [0.717, 1.165) is 149 Å². The highest BCUT2D eigenvalue weighted by atomic mass is 19.1. The number of hydrogen-bond acceptors (Lipinski definition) is 9. The molecule has 3 aliphatic rings. The number of nitrogens with zero attached hydrogens (tertiary/aromatic N) is 2. The number of benzene rings is 1. The van der Waals surface area contributed by atoms with Crippen LogP contribution in [0.4, 0.5) is 10.1 Å². The van der Waals surface area contributed by atoms with Crippen molar-refractivity contribution in [1.29, 1.82) is 0 Å². The third-order valence-electron chi connectivity index (χ3n) is 12.4. The Kier molecular flexibility index (Phi) is 20.9.